The molecule has 0 amide bonds. The number of hydrogen-bond donors (Lipinski definition) is 2. The van der Waals surface area contributed by atoms with E-state index in [1.54, 1.807) is 18.2 Å². The molecule has 0 atom stereocenters. The Morgan fingerprint density at radius 3 is 2.52 bits per heavy atom. The molecule has 0 radical (unpaired) electrons. The van der Waals surface area contributed by atoms with E-state index < -0.39 is 6.61 Å². The van der Waals surface area contributed by atoms with Crippen LogP contribution >= 0.6 is 0 Å². The van der Waals surface area contributed by atoms with Gasteiger partial charge in [-0.25, -0.2) is 9.97 Å². The Hall–Kier alpha value is -2.44. The largest absolute Gasteiger partial charge is 0.435 e. The molecule has 0 bridgehead atoms. The number of benzene rings is 1. The number of halogens is 2. The molecule has 3 N–H and O–H groups in total. The third kappa shape index (κ3) is 3.56. The van der Waals surface area contributed by atoms with Crippen molar-refractivity contribution in [1.82, 2.24) is 9.97 Å². The van der Waals surface area contributed by atoms with Crippen LogP contribution in [0.2, 0.25) is 0 Å². The molecule has 0 unspecified atom stereocenters. The number of anilines is 3. The van der Waals surface area contributed by atoms with Crippen LogP contribution in [0.5, 0.6) is 5.75 Å². The van der Waals surface area contributed by atoms with Gasteiger partial charge in [-0.3, -0.25) is 0 Å². The van der Waals surface area contributed by atoms with Gasteiger partial charge in [0.15, 0.2) is 0 Å². The van der Waals surface area contributed by atoms with E-state index in [0.717, 1.165) is 18.7 Å². The van der Waals surface area contributed by atoms with Crippen molar-refractivity contribution in [3.8, 4) is 5.75 Å². The van der Waals surface area contributed by atoms with Gasteiger partial charge in [-0.15, -0.1) is 0 Å². The summed E-state index contributed by atoms with van der Waals surface area (Å²) in [5.74, 6) is 2.25. The lowest BCUT2D eigenvalue weighted by Crippen LogP contribution is -2.03. The van der Waals surface area contributed by atoms with E-state index in [4.69, 9.17) is 5.73 Å². The van der Waals surface area contributed by atoms with Crippen LogP contribution in [0.1, 0.15) is 24.6 Å². The molecule has 1 aromatic heterocycles. The summed E-state index contributed by atoms with van der Waals surface area (Å²) in [7, 11) is 0. The SMILES string of the molecule is Nc1cc(Nc2ccc(OC(F)F)cc2)nc(C2CC2)n1. The van der Waals surface area contributed by atoms with Crippen LogP contribution in [0, 0.1) is 0 Å². The summed E-state index contributed by atoms with van der Waals surface area (Å²) in [4.78, 5) is 8.62. The number of nitrogen functional groups attached to an aromatic ring is 1. The van der Waals surface area contributed by atoms with E-state index >= 15 is 0 Å². The Morgan fingerprint density at radius 1 is 1.19 bits per heavy atom. The highest BCUT2D eigenvalue weighted by Gasteiger charge is 2.27. The zero-order valence-corrected chi connectivity index (χ0v) is 11.1. The van der Waals surface area contributed by atoms with Crippen molar-refractivity contribution >= 4 is 17.3 Å². The van der Waals surface area contributed by atoms with Gasteiger partial charge in [-0.05, 0) is 37.1 Å². The number of nitrogens with two attached hydrogens (primary N) is 1. The van der Waals surface area contributed by atoms with Gasteiger partial charge in [0.25, 0.3) is 0 Å². The molecule has 1 aliphatic rings. The molecule has 3 rings (SSSR count). The van der Waals surface area contributed by atoms with Gasteiger partial charge < -0.3 is 15.8 Å². The second-order valence-electron chi connectivity index (χ2n) is 4.84. The van der Waals surface area contributed by atoms with Gasteiger partial charge in [0, 0.05) is 17.7 Å². The zero-order valence-electron chi connectivity index (χ0n) is 11.1. The topological polar surface area (TPSA) is 73.1 Å². The molecule has 1 aliphatic carbocycles. The third-order valence-corrected chi connectivity index (χ3v) is 3.06. The van der Waals surface area contributed by atoms with Gasteiger partial charge in [0.1, 0.15) is 23.2 Å². The molecule has 1 fully saturated rings. The van der Waals surface area contributed by atoms with Crippen molar-refractivity contribution < 1.29 is 13.5 Å². The summed E-state index contributed by atoms with van der Waals surface area (Å²) >= 11 is 0. The van der Waals surface area contributed by atoms with E-state index in [9.17, 15) is 8.78 Å². The summed E-state index contributed by atoms with van der Waals surface area (Å²) in [6.45, 7) is -2.83. The minimum absolute atomic E-state index is 0.108. The maximum atomic E-state index is 12.1. The van der Waals surface area contributed by atoms with Crippen LogP contribution in [0.15, 0.2) is 30.3 Å². The lowest BCUT2D eigenvalue weighted by Gasteiger charge is -2.09. The second-order valence-corrected chi connectivity index (χ2v) is 4.84. The molecule has 0 saturated heterocycles. The van der Waals surface area contributed by atoms with Crippen LogP contribution in [0.4, 0.5) is 26.1 Å². The molecule has 110 valence electrons. The molecule has 2 aromatic rings. The maximum Gasteiger partial charge on any atom is 0.387 e. The molecule has 1 aromatic carbocycles. The summed E-state index contributed by atoms with van der Waals surface area (Å²) in [5.41, 5.74) is 6.47. The Balaban J connectivity index is 1.73. The summed E-state index contributed by atoms with van der Waals surface area (Å²) < 4.78 is 28.4. The Bertz CT molecular complexity index is 629. The first-order chi connectivity index (χ1) is 10.1. The van der Waals surface area contributed by atoms with E-state index in [0.29, 0.717) is 23.2 Å². The fraction of sp³-hybridized carbons (Fsp3) is 0.286. The first kappa shape index (κ1) is 13.5. The molecular weight excluding hydrogens is 278 g/mol. The summed E-state index contributed by atoms with van der Waals surface area (Å²) in [6, 6.07) is 7.82. The van der Waals surface area contributed by atoms with Crippen molar-refractivity contribution in [3.63, 3.8) is 0 Å². The Kier molecular flexibility index (Phi) is 3.55. The van der Waals surface area contributed by atoms with Crippen molar-refractivity contribution in [2.45, 2.75) is 25.4 Å². The average molecular weight is 292 g/mol. The van der Waals surface area contributed by atoms with Gasteiger partial charge in [0.05, 0.1) is 0 Å². The molecule has 1 heterocycles. The summed E-state index contributed by atoms with van der Waals surface area (Å²) in [6.07, 6.45) is 2.17. The number of nitrogens with zero attached hydrogens (tertiary/aromatic N) is 2. The lowest BCUT2D eigenvalue weighted by molar-refractivity contribution is -0.0498. The molecular formula is C14H14F2N4O. The van der Waals surface area contributed by atoms with E-state index in [2.05, 4.69) is 20.0 Å². The predicted molar refractivity (Wildman–Crippen MR) is 74.8 cm³/mol. The van der Waals surface area contributed by atoms with Crippen LogP contribution in [-0.4, -0.2) is 16.6 Å². The van der Waals surface area contributed by atoms with Gasteiger partial charge in [-0.2, -0.15) is 8.78 Å². The Labute approximate surface area is 120 Å². The molecule has 5 nitrogen and oxygen atoms in total. The quantitative estimate of drug-likeness (QED) is 0.884. The number of alkyl halides is 2. The van der Waals surface area contributed by atoms with Crippen molar-refractivity contribution in [2.75, 3.05) is 11.1 Å². The van der Waals surface area contributed by atoms with Gasteiger partial charge in [0.2, 0.25) is 0 Å². The molecule has 21 heavy (non-hydrogen) atoms. The molecule has 7 heteroatoms. The van der Waals surface area contributed by atoms with Crippen LogP contribution < -0.4 is 15.8 Å². The first-order valence-corrected chi connectivity index (χ1v) is 6.56. The fourth-order valence-electron chi connectivity index (χ4n) is 1.94. The minimum Gasteiger partial charge on any atom is -0.435 e. The highest BCUT2D eigenvalue weighted by molar-refractivity contribution is 5.59. The van der Waals surface area contributed by atoms with Gasteiger partial charge in [-0.1, -0.05) is 0 Å². The van der Waals surface area contributed by atoms with E-state index in [1.807, 2.05) is 0 Å². The van der Waals surface area contributed by atoms with E-state index in [-0.39, 0.29) is 5.75 Å². The lowest BCUT2D eigenvalue weighted by atomic mass is 10.3. The number of nitrogens with one attached hydrogen (secondary N) is 1. The highest BCUT2D eigenvalue weighted by Crippen LogP contribution is 2.38. The molecule has 1 saturated carbocycles. The first-order valence-electron chi connectivity index (χ1n) is 6.56. The van der Waals surface area contributed by atoms with Crippen LogP contribution in [0.3, 0.4) is 0 Å². The standard InChI is InChI=1S/C14H14F2N4O/c15-14(16)21-10-5-3-9(4-6-10)18-12-7-11(17)19-13(20-12)8-1-2-8/h3-8,14H,1-2H2,(H3,17,18,19,20). The van der Waals surface area contributed by atoms with Crippen LogP contribution in [0.25, 0.3) is 0 Å². The Morgan fingerprint density at radius 2 is 1.90 bits per heavy atom. The monoisotopic (exact) mass is 292 g/mol. The summed E-state index contributed by atoms with van der Waals surface area (Å²) in [5, 5.41) is 3.07. The number of aromatic nitrogens is 2. The van der Waals surface area contributed by atoms with Crippen LogP contribution in [-0.2, 0) is 0 Å². The smallest absolute Gasteiger partial charge is 0.387 e. The molecule has 0 aliphatic heterocycles. The third-order valence-electron chi connectivity index (χ3n) is 3.06. The minimum atomic E-state index is -2.83. The molecule has 0 spiro atoms. The number of rotatable bonds is 5. The normalized spacial score (nSPS) is 14.2. The fourth-order valence-corrected chi connectivity index (χ4v) is 1.94. The van der Waals surface area contributed by atoms with Crippen molar-refractivity contribution in [3.05, 3.63) is 36.2 Å². The number of ether oxygens (including phenoxy) is 1. The van der Waals surface area contributed by atoms with Gasteiger partial charge >= 0.3 is 6.61 Å². The van der Waals surface area contributed by atoms with E-state index in [1.165, 1.54) is 12.1 Å². The van der Waals surface area contributed by atoms with Crippen molar-refractivity contribution in [2.24, 2.45) is 0 Å². The second kappa shape index (κ2) is 5.51. The average Bonchev–Trinajstić information content (AvgIpc) is 3.24. The maximum absolute atomic E-state index is 12.1. The van der Waals surface area contributed by atoms with Crippen molar-refractivity contribution in [1.29, 1.82) is 0 Å². The number of hydrogen-bond acceptors (Lipinski definition) is 5. The zero-order chi connectivity index (χ0) is 14.8. The highest BCUT2D eigenvalue weighted by atomic mass is 19.3. The predicted octanol–water partition coefficient (Wildman–Crippen LogP) is 3.28.